The largest absolute Gasteiger partial charge is 0.478 e. The zero-order valence-electron chi connectivity index (χ0n) is 18.4. The van der Waals surface area contributed by atoms with E-state index in [0.29, 0.717) is 5.56 Å². The molecule has 3 rings (SSSR count). The van der Waals surface area contributed by atoms with Gasteiger partial charge in [0.25, 0.3) is 0 Å². The number of carboxylic acid groups (broad SMARTS) is 3. The highest BCUT2D eigenvalue weighted by atomic mass is 32.2. The number of nitrogens with zero attached hydrogens (tertiary/aromatic N) is 1. The molecule has 0 amide bonds. The molecule has 0 spiro atoms. The van der Waals surface area contributed by atoms with E-state index in [2.05, 4.69) is 16.3 Å². The van der Waals surface area contributed by atoms with Gasteiger partial charge in [-0.25, -0.2) is 14.4 Å². The Morgan fingerprint density at radius 1 is 0.914 bits per heavy atom. The molecule has 5 N–H and O–H groups in total. The number of halogens is 3. The van der Waals surface area contributed by atoms with Crippen molar-refractivity contribution in [3.8, 4) is 0 Å². The highest BCUT2D eigenvalue weighted by molar-refractivity contribution is 7.99. The Morgan fingerprint density at radius 3 is 1.91 bits per heavy atom. The number of anilines is 1. The topological polar surface area (TPSA) is 147 Å². The maximum absolute atomic E-state index is 12.8. The second-order valence-corrected chi connectivity index (χ2v) is 8.49. The molecule has 35 heavy (non-hydrogen) atoms. The predicted octanol–water partition coefficient (Wildman–Crippen LogP) is 2.55. The van der Waals surface area contributed by atoms with Gasteiger partial charge in [-0.15, -0.1) is 0 Å². The number of hydrogen-bond acceptors (Lipinski definition) is 7. The maximum Gasteiger partial charge on any atom is 0.416 e. The number of rotatable bonds is 6. The molecule has 0 aromatic heterocycles. The van der Waals surface area contributed by atoms with Crippen LogP contribution in [-0.2, 0) is 20.6 Å². The Bertz CT molecular complexity index is 1050. The molecule has 0 radical (unpaired) electrons. The van der Waals surface area contributed by atoms with Crippen molar-refractivity contribution in [1.82, 2.24) is 5.32 Å². The van der Waals surface area contributed by atoms with E-state index in [-0.39, 0.29) is 0 Å². The number of alkyl halides is 3. The SMILES string of the molecule is Cc1cc(C(F)(F)F)ccc1Sc1ccccc1N1CCNCC1.O=C(O)C(O)(C(=O)O)C(=O)O. The summed E-state index contributed by atoms with van der Waals surface area (Å²) in [4.78, 5) is 33.9. The van der Waals surface area contributed by atoms with Crippen LogP contribution in [-0.4, -0.2) is 70.1 Å². The molecule has 190 valence electrons. The van der Waals surface area contributed by atoms with Crippen molar-refractivity contribution < 1.29 is 48.0 Å². The fraction of sp³-hybridized carbons (Fsp3) is 0.318. The zero-order valence-corrected chi connectivity index (χ0v) is 19.2. The van der Waals surface area contributed by atoms with Crippen LogP contribution in [0.25, 0.3) is 0 Å². The number of aliphatic carboxylic acids is 3. The summed E-state index contributed by atoms with van der Waals surface area (Å²) in [6, 6.07) is 12.0. The lowest BCUT2D eigenvalue weighted by Gasteiger charge is -2.31. The van der Waals surface area contributed by atoms with E-state index in [4.69, 9.17) is 20.4 Å². The molecular formula is C22H23F3N2O7S. The summed E-state index contributed by atoms with van der Waals surface area (Å²) in [5.41, 5.74) is -2.56. The van der Waals surface area contributed by atoms with Crippen LogP contribution in [0.4, 0.5) is 18.9 Å². The van der Waals surface area contributed by atoms with Gasteiger partial charge in [0, 0.05) is 36.0 Å². The molecule has 13 heteroatoms. The first-order valence-electron chi connectivity index (χ1n) is 10.1. The number of piperazine rings is 1. The fourth-order valence-corrected chi connectivity index (χ4v) is 4.08. The van der Waals surface area contributed by atoms with E-state index in [9.17, 15) is 27.6 Å². The Morgan fingerprint density at radius 2 is 1.46 bits per heavy atom. The Hall–Kier alpha value is -3.29. The third-order valence-corrected chi connectivity index (χ3v) is 6.22. The Kier molecular flexibility index (Phi) is 9.12. The van der Waals surface area contributed by atoms with E-state index >= 15 is 0 Å². The zero-order chi connectivity index (χ0) is 26.4. The van der Waals surface area contributed by atoms with Gasteiger partial charge in [-0.05, 0) is 42.8 Å². The van der Waals surface area contributed by atoms with Gasteiger partial charge >= 0.3 is 29.7 Å². The number of para-hydroxylation sites is 1. The molecule has 1 aliphatic rings. The first kappa shape index (κ1) is 28.0. The number of carbonyl (C=O) groups is 3. The number of benzene rings is 2. The minimum Gasteiger partial charge on any atom is -0.478 e. The van der Waals surface area contributed by atoms with Crippen LogP contribution in [0.1, 0.15) is 11.1 Å². The quantitative estimate of drug-likeness (QED) is 0.363. The molecule has 0 saturated carbocycles. The molecule has 2 aromatic carbocycles. The number of aliphatic hydroxyl groups is 1. The third-order valence-electron chi connectivity index (χ3n) is 4.97. The minimum atomic E-state index is -4.30. The van der Waals surface area contributed by atoms with Gasteiger partial charge in [-0.2, -0.15) is 13.2 Å². The van der Waals surface area contributed by atoms with E-state index in [1.165, 1.54) is 17.8 Å². The lowest BCUT2D eigenvalue weighted by atomic mass is 10.1. The molecule has 1 saturated heterocycles. The van der Waals surface area contributed by atoms with Crippen molar-refractivity contribution in [3.63, 3.8) is 0 Å². The average molecular weight is 516 g/mol. The molecule has 0 unspecified atom stereocenters. The fourth-order valence-electron chi connectivity index (χ4n) is 3.04. The lowest BCUT2D eigenvalue weighted by molar-refractivity contribution is -0.186. The van der Waals surface area contributed by atoms with Gasteiger partial charge < -0.3 is 30.6 Å². The van der Waals surface area contributed by atoms with Gasteiger partial charge in [-0.1, -0.05) is 23.9 Å². The van der Waals surface area contributed by atoms with Gasteiger partial charge in [0.15, 0.2) is 0 Å². The predicted molar refractivity (Wildman–Crippen MR) is 120 cm³/mol. The molecule has 2 aromatic rings. The maximum atomic E-state index is 12.8. The number of aryl methyl sites for hydroxylation is 1. The smallest absolute Gasteiger partial charge is 0.416 e. The van der Waals surface area contributed by atoms with Crippen LogP contribution in [0, 0.1) is 6.92 Å². The van der Waals surface area contributed by atoms with Crippen LogP contribution in [0.5, 0.6) is 0 Å². The van der Waals surface area contributed by atoms with Crippen molar-refractivity contribution in [2.75, 3.05) is 31.1 Å². The highest BCUT2D eigenvalue weighted by Crippen LogP contribution is 2.39. The summed E-state index contributed by atoms with van der Waals surface area (Å²) in [6.07, 6.45) is -4.30. The van der Waals surface area contributed by atoms with E-state index < -0.39 is 35.2 Å². The molecule has 1 heterocycles. The first-order chi connectivity index (χ1) is 16.3. The summed E-state index contributed by atoms with van der Waals surface area (Å²) in [6.45, 7) is 5.48. The number of carboxylic acids is 3. The van der Waals surface area contributed by atoms with Crippen molar-refractivity contribution in [3.05, 3.63) is 53.6 Å². The third kappa shape index (κ3) is 6.87. The van der Waals surface area contributed by atoms with Crippen LogP contribution < -0.4 is 10.2 Å². The lowest BCUT2D eigenvalue weighted by Crippen LogP contribution is -2.53. The molecule has 0 atom stereocenters. The van der Waals surface area contributed by atoms with E-state index in [1.54, 1.807) is 13.0 Å². The van der Waals surface area contributed by atoms with E-state index in [0.717, 1.165) is 47.7 Å². The monoisotopic (exact) mass is 516 g/mol. The summed E-state index contributed by atoms with van der Waals surface area (Å²) in [5.74, 6) is -7.01. The molecule has 1 fully saturated rings. The molecule has 0 aliphatic carbocycles. The van der Waals surface area contributed by atoms with Crippen molar-refractivity contribution >= 4 is 35.4 Å². The number of hydrogen-bond donors (Lipinski definition) is 5. The minimum absolute atomic E-state index is 0.597. The van der Waals surface area contributed by atoms with Crippen LogP contribution in [0.2, 0.25) is 0 Å². The summed E-state index contributed by atoms with van der Waals surface area (Å²) in [7, 11) is 0. The Labute approximate surface area is 202 Å². The van der Waals surface area contributed by atoms with Crippen molar-refractivity contribution in [1.29, 1.82) is 0 Å². The summed E-state index contributed by atoms with van der Waals surface area (Å²) in [5, 5.41) is 35.7. The molecule has 0 bridgehead atoms. The van der Waals surface area contributed by atoms with Crippen LogP contribution in [0.3, 0.4) is 0 Å². The normalized spacial score (nSPS) is 14.0. The van der Waals surface area contributed by atoms with Crippen LogP contribution >= 0.6 is 11.8 Å². The molecule has 1 aliphatic heterocycles. The molecule has 9 nitrogen and oxygen atoms in total. The molecular weight excluding hydrogens is 493 g/mol. The Balaban J connectivity index is 0.000000334. The van der Waals surface area contributed by atoms with E-state index in [1.807, 2.05) is 18.2 Å². The second kappa shape index (κ2) is 11.4. The average Bonchev–Trinajstić information content (AvgIpc) is 2.80. The van der Waals surface area contributed by atoms with Gasteiger partial charge in [-0.3, -0.25) is 0 Å². The van der Waals surface area contributed by atoms with Gasteiger partial charge in [0.2, 0.25) is 0 Å². The van der Waals surface area contributed by atoms with Crippen molar-refractivity contribution in [2.45, 2.75) is 28.5 Å². The second-order valence-electron chi connectivity index (χ2n) is 7.41. The van der Waals surface area contributed by atoms with Gasteiger partial charge in [0.1, 0.15) is 0 Å². The van der Waals surface area contributed by atoms with Gasteiger partial charge in [0.05, 0.1) is 11.3 Å². The summed E-state index contributed by atoms with van der Waals surface area (Å²) < 4.78 is 38.4. The standard InChI is InChI=1S/C18H19F3N2S.C4H4O7/c1-13-12-14(18(19,20)21)6-7-16(13)24-17-5-3-2-4-15(17)23-10-8-22-9-11-23;5-1(6)4(11,2(7)8)3(9)10/h2-7,12,22H,8-11H2,1H3;11H,(H,5,6)(H,7,8)(H,9,10). The summed E-state index contributed by atoms with van der Waals surface area (Å²) >= 11 is 1.52. The highest BCUT2D eigenvalue weighted by Gasteiger charge is 2.53. The van der Waals surface area contributed by atoms with Crippen LogP contribution in [0.15, 0.2) is 52.3 Å². The first-order valence-corrected chi connectivity index (χ1v) is 10.9. The number of nitrogens with one attached hydrogen (secondary N) is 1. The van der Waals surface area contributed by atoms with Crippen molar-refractivity contribution in [2.24, 2.45) is 0 Å².